The van der Waals surface area contributed by atoms with Gasteiger partial charge in [0.05, 0.1) is 19.4 Å². The maximum atomic E-state index is 11.9. The van der Waals surface area contributed by atoms with Gasteiger partial charge >= 0.3 is 0 Å². The lowest BCUT2D eigenvalue weighted by molar-refractivity contribution is 0.0962. The van der Waals surface area contributed by atoms with Crippen LogP contribution in [0.5, 0.6) is 5.75 Å². The minimum atomic E-state index is -0.146. The smallest absolute Gasteiger partial charge is 0.251 e. The van der Waals surface area contributed by atoms with Gasteiger partial charge in [-0.1, -0.05) is 13.0 Å². The summed E-state index contributed by atoms with van der Waals surface area (Å²) in [5.74, 6) is 2.15. The number of ether oxygens (including phenoxy) is 2. The monoisotopic (exact) mass is 498 g/mol. The number of nitrogens with zero attached hydrogens (tertiary/aromatic N) is 3. The Hall–Kier alpha value is -3.37. The van der Waals surface area contributed by atoms with E-state index in [2.05, 4.69) is 37.8 Å². The van der Waals surface area contributed by atoms with Crippen LogP contribution in [0.25, 0.3) is 11.3 Å². The van der Waals surface area contributed by atoms with Crippen molar-refractivity contribution in [2.24, 2.45) is 0 Å². The summed E-state index contributed by atoms with van der Waals surface area (Å²) in [7, 11) is 4.89. The van der Waals surface area contributed by atoms with Gasteiger partial charge in [0.1, 0.15) is 23.7 Å². The van der Waals surface area contributed by atoms with Crippen LogP contribution in [0.4, 0.5) is 11.6 Å². The Bertz CT molecular complexity index is 1100. The molecule has 188 valence electrons. The predicted molar refractivity (Wildman–Crippen MR) is 144 cm³/mol. The molecule has 3 N–H and O–H groups in total. The van der Waals surface area contributed by atoms with E-state index < -0.39 is 0 Å². The zero-order chi connectivity index (χ0) is 24.5. The molecule has 2 atom stereocenters. The molecule has 1 aromatic carbocycles. The molecule has 3 aromatic rings. The van der Waals surface area contributed by atoms with E-state index in [0.717, 1.165) is 22.6 Å². The highest BCUT2D eigenvalue weighted by Crippen LogP contribution is 2.28. The minimum Gasteiger partial charge on any atom is -0.496 e. The number of methoxy groups -OCH3 is 2. The molecule has 35 heavy (non-hydrogen) atoms. The van der Waals surface area contributed by atoms with Gasteiger partial charge in [0.25, 0.3) is 5.91 Å². The average Bonchev–Trinajstić information content (AvgIpc) is 2.87. The van der Waals surface area contributed by atoms with Gasteiger partial charge in [-0.25, -0.2) is 15.0 Å². The largest absolute Gasteiger partial charge is 0.496 e. The molecule has 0 saturated heterocycles. The zero-order valence-corrected chi connectivity index (χ0v) is 21.8. The number of aromatic nitrogens is 3. The molecule has 0 aliphatic rings. The summed E-state index contributed by atoms with van der Waals surface area (Å²) < 4.78 is 10.7. The number of carbonyl (C=O) groups is 1. The van der Waals surface area contributed by atoms with Crippen molar-refractivity contribution in [2.45, 2.75) is 25.8 Å². The second kappa shape index (κ2) is 13.5. The molecule has 1 amide bonds. The van der Waals surface area contributed by atoms with E-state index >= 15 is 0 Å². The van der Waals surface area contributed by atoms with E-state index in [1.54, 1.807) is 39.6 Å². The van der Waals surface area contributed by atoms with Crippen LogP contribution in [0.3, 0.4) is 0 Å². The molecular formula is C25H34N6O3S. The van der Waals surface area contributed by atoms with Gasteiger partial charge in [-0.3, -0.25) is 4.79 Å². The second-order valence-electron chi connectivity index (χ2n) is 8.04. The molecule has 0 spiro atoms. The van der Waals surface area contributed by atoms with Crippen molar-refractivity contribution in [2.75, 3.05) is 45.1 Å². The molecule has 3 rings (SSSR count). The first-order valence-electron chi connectivity index (χ1n) is 11.1. The van der Waals surface area contributed by atoms with Crippen LogP contribution in [-0.4, -0.2) is 61.3 Å². The Morgan fingerprint density at radius 1 is 1.03 bits per heavy atom. The van der Waals surface area contributed by atoms with E-state index in [1.807, 2.05) is 31.2 Å². The van der Waals surface area contributed by atoms with E-state index in [0.29, 0.717) is 30.3 Å². The van der Waals surface area contributed by atoms with Crippen LogP contribution in [0.2, 0.25) is 0 Å². The van der Waals surface area contributed by atoms with Crippen LogP contribution >= 0.6 is 13.5 Å². The van der Waals surface area contributed by atoms with E-state index in [9.17, 15) is 4.79 Å². The SMILES string of the molecule is CNC(=O)c1ccc([C@H](C)CNc2cc(-c3ccc(NC(C)COC)nc3)ncn2)c(OC)c1.S. The van der Waals surface area contributed by atoms with Gasteiger partial charge in [0.2, 0.25) is 0 Å². The predicted octanol–water partition coefficient (Wildman–Crippen LogP) is 3.68. The Balaban J connectivity index is 0.00000432. The highest BCUT2D eigenvalue weighted by Gasteiger charge is 2.15. The molecule has 10 heteroatoms. The lowest BCUT2D eigenvalue weighted by Crippen LogP contribution is -2.21. The molecule has 2 aromatic heterocycles. The highest BCUT2D eigenvalue weighted by atomic mass is 32.1. The molecule has 2 heterocycles. The molecule has 0 aliphatic carbocycles. The van der Waals surface area contributed by atoms with Crippen molar-refractivity contribution in [3.05, 3.63) is 60.0 Å². The topological polar surface area (TPSA) is 110 Å². The molecule has 0 bridgehead atoms. The quantitative estimate of drug-likeness (QED) is 0.367. The van der Waals surface area contributed by atoms with Crippen LogP contribution in [-0.2, 0) is 4.74 Å². The number of hydrogen-bond donors (Lipinski definition) is 3. The van der Waals surface area contributed by atoms with Crippen LogP contribution < -0.4 is 20.7 Å². The van der Waals surface area contributed by atoms with Gasteiger partial charge in [-0.05, 0) is 36.8 Å². The Labute approximate surface area is 213 Å². The Morgan fingerprint density at radius 2 is 1.83 bits per heavy atom. The molecule has 0 fully saturated rings. The highest BCUT2D eigenvalue weighted by molar-refractivity contribution is 7.59. The van der Waals surface area contributed by atoms with Crippen molar-refractivity contribution < 1.29 is 14.3 Å². The van der Waals surface area contributed by atoms with E-state index in [-0.39, 0.29) is 31.4 Å². The Morgan fingerprint density at radius 3 is 2.49 bits per heavy atom. The summed E-state index contributed by atoms with van der Waals surface area (Å²) in [6.07, 6.45) is 3.32. The van der Waals surface area contributed by atoms with E-state index in [1.165, 1.54) is 6.33 Å². The molecule has 0 radical (unpaired) electrons. The van der Waals surface area contributed by atoms with E-state index in [4.69, 9.17) is 9.47 Å². The first kappa shape index (κ1) is 27.9. The first-order valence-corrected chi connectivity index (χ1v) is 11.1. The van der Waals surface area contributed by atoms with Crippen molar-refractivity contribution in [3.63, 3.8) is 0 Å². The third-order valence-corrected chi connectivity index (χ3v) is 5.38. The second-order valence-corrected chi connectivity index (χ2v) is 8.04. The summed E-state index contributed by atoms with van der Waals surface area (Å²) in [4.78, 5) is 25.1. The summed E-state index contributed by atoms with van der Waals surface area (Å²) in [5, 5.41) is 9.29. The zero-order valence-electron chi connectivity index (χ0n) is 20.8. The summed E-state index contributed by atoms with van der Waals surface area (Å²) >= 11 is 0. The number of nitrogens with one attached hydrogen (secondary N) is 3. The van der Waals surface area contributed by atoms with Gasteiger partial charge in [0.15, 0.2) is 0 Å². The van der Waals surface area contributed by atoms with Crippen molar-refractivity contribution in [1.29, 1.82) is 0 Å². The summed E-state index contributed by atoms with van der Waals surface area (Å²) in [5.41, 5.74) is 3.25. The van der Waals surface area contributed by atoms with Gasteiger partial charge in [-0.2, -0.15) is 13.5 Å². The first-order chi connectivity index (χ1) is 16.4. The van der Waals surface area contributed by atoms with Crippen LogP contribution in [0.15, 0.2) is 48.9 Å². The van der Waals surface area contributed by atoms with Crippen molar-refractivity contribution in [3.8, 4) is 17.0 Å². The molecular weight excluding hydrogens is 464 g/mol. The molecule has 1 unspecified atom stereocenters. The van der Waals surface area contributed by atoms with Crippen molar-refractivity contribution in [1.82, 2.24) is 20.3 Å². The Kier molecular flexibility index (Phi) is 10.8. The van der Waals surface area contributed by atoms with Crippen LogP contribution in [0.1, 0.15) is 35.7 Å². The fourth-order valence-corrected chi connectivity index (χ4v) is 3.56. The van der Waals surface area contributed by atoms with Gasteiger partial charge < -0.3 is 25.4 Å². The number of amides is 1. The van der Waals surface area contributed by atoms with Crippen LogP contribution in [0, 0.1) is 0 Å². The maximum absolute atomic E-state index is 11.9. The average molecular weight is 499 g/mol. The van der Waals surface area contributed by atoms with Gasteiger partial charge in [-0.15, -0.1) is 0 Å². The molecule has 0 saturated carbocycles. The third-order valence-electron chi connectivity index (χ3n) is 5.38. The fourth-order valence-electron chi connectivity index (χ4n) is 3.56. The number of carbonyl (C=O) groups excluding carboxylic acids is 1. The number of benzene rings is 1. The summed E-state index contributed by atoms with van der Waals surface area (Å²) in [6.45, 7) is 5.36. The lowest BCUT2D eigenvalue weighted by atomic mass is 9.98. The minimum absolute atomic E-state index is 0. The summed E-state index contributed by atoms with van der Waals surface area (Å²) in [6, 6.07) is 11.5. The molecule has 0 aliphatic heterocycles. The fraction of sp³-hybridized carbons (Fsp3) is 0.360. The van der Waals surface area contributed by atoms with Crippen molar-refractivity contribution >= 4 is 31.0 Å². The number of pyridine rings is 1. The number of hydrogen-bond acceptors (Lipinski definition) is 8. The molecule has 9 nitrogen and oxygen atoms in total. The lowest BCUT2D eigenvalue weighted by Gasteiger charge is -2.17. The van der Waals surface area contributed by atoms with Gasteiger partial charge in [0, 0.05) is 56.1 Å². The normalized spacial score (nSPS) is 12.1. The standard InChI is InChI=1S/C25H32N6O3.H2S/c1-16(20-8-6-18(25(32)26-3)10-22(20)34-5)12-27-24-11-21(29-15-30-24)19-7-9-23(28-13-19)31-17(2)14-33-4;/h6-11,13,15-17H,12,14H2,1-5H3,(H,26,32)(H,28,31)(H,27,29,30);1H2/t16-,17?;/m1./s1. The third kappa shape index (κ3) is 7.56. The number of anilines is 2. The maximum Gasteiger partial charge on any atom is 0.251 e. The number of rotatable bonds is 11.